The van der Waals surface area contributed by atoms with Crippen molar-refractivity contribution in [3.8, 4) is 90.5 Å². The Bertz CT molecular complexity index is 4890. The molecule has 0 saturated heterocycles. The lowest BCUT2D eigenvalue weighted by molar-refractivity contribution is -0.140. The van der Waals surface area contributed by atoms with Gasteiger partial charge in [0, 0.05) is 36.1 Å². The van der Waals surface area contributed by atoms with Crippen molar-refractivity contribution in [2.45, 2.75) is 40.5 Å². The quantitative estimate of drug-likeness (QED) is 0.0119. The van der Waals surface area contributed by atoms with Gasteiger partial charge < -0.3 is 56.8 Å². The minimum Gasteiger partial charge on any atom is -0.493 e. The second-order valence-electron chi connectivity index (χ2n) is 24.5. The normalized spacial score (nSPS) is 10.4. The van der Waals surface area contributed by atoms with Gasteiger partial charge in [0.1, 0.15) is 72.4 Å². The smallest absolute Gasteiger partial charge is 0.343 e. The van der Waals surface area contributed by atoms with Crippen LogP contribution in [0.1, 0.15) is 79.2 Å². The molecule has 0 fully saturated rings. The molecule has 110 heavy (non-hydrogen) atoms. The molecule has 0 bridgehead atoms. The third kappa shape index (κ3) is 24.6. The standard InChI is InChI=1S/2C45H40O10/c1-29(2)42(46)52-26-24-50-38-18-14-34(15-19-38)32-6-10-36(11-7-32)44(48)54-40-22-23-41(31(5)28-40)55-45(49)37-12-8-33(9-13-37)35-16-20-39(21-17-35)51-25-27-53-43(47)30(3)4;1-4-42(46)52-28-6-26-50-38-20-16-34(17-21-38)32-8-12-36(13-9-32)44(48)54-40-24-25-41(31(3)30-40)55-45(49)37-14-10-33(11-15-37)35-18-22-39(23-19-35)51-27-7-29-53-43(47)5-2/h6-23,28H,1,3,24-27H2,2,4-5H3;4-5,8-25,30H,1-2,6-7,26-29H2,3H3. The van der Waals surface area contributed by atoms with Gasteiger partial charge in [0.2, 0.25) is 0 Å². The Hall–Kier alpha value is -13.9. The van der Waals surface area contributed by atoms with Gasteiger partial charge in [-0.15, -0.1) is 0 Å². The fraction of sp³-hybridized carbons (Fsp3) is 0.156. The molecule has 10 aromatic carbocycles. The van der Waals surface area contributed by atoms with E-state index >= 15 is 0 Å². The summed E-state index contributed by atoms with van der Waals surface area (Å²) < 4.78 is 65.1. The van der Waals surface area contributed by atoms with Crippen LogP contribution in [0.3, 0.4) is 0 Å². The van der Waals surface area contributed by atoms with Crippen molar-refractivity contribution >= 4 is 47.8 Å². The fourth-order valence-electron chi connectivity index (χ4n) is 10.2. The van der Waals surface area contributed by atoms with Crippen LogP contribution in [-0.2, 0) is 38.1 Å². The lowest BCUT2D eigenvalue weighted by Crippen LogP contribution is -2.12. The molecule has 0 atom stereocenters. The van der Waals surface area contributed by atoms with Crippen molar-refractivity contribution in [1.82, 2.24) is 0 Å². The second-order valence-corrected chi connectivity index (χ2v) is 24.5. The molecular weight excluding hydrogens is 1400 g/mol. The van der Waals surface area contributed by atoms with Gasteiger partial charge in [0.25, 0.3) is 0 Å². The van der Waals surface area contributed by atoms with Gasteiger partial charge in [-0.3, -0.25) is 0 Å². The lowest BCUT2D eigenvalue weighted by Gasteiger charge is -2.11. The van der Waals surface area contributed by atoms with E-state index < -0.39 is 47.8 Å². The highest BCUT2D eigenvalue weighted by Crippen LogP contribution is 2.32. The number of carbonyl (C=O) groups is 8. The van der Waals surface area contributed by atoms with E-state index in [0.29, 0.717) is 117 Å². The number of esters is 8. The van der Waals surface area contributed by atoms with Crippen LogP contribution in [0.25, 0.3) is 44.5 Å². The molecule has 0 aliphatic carbocycles. The van der Waals surface area contributed by atoms with E-state index in [1.54, 1.807) is 113 Å². The Morgan fingerprint density at radius 2 is 0.518 bits per heavy atom. The molecule has 0 aromatic heterocycles. The predicted octanol–water partition coefficient (Wildman–Crippen LogP) is 17.5. The predicted molar refractivity (Wildman–Crippen MR) is 415 cm³/mol. The molecule has 0 heterocycles. The zero-order valence-corrected chi connectivity index (χ0v) is 61.2. The Labute approximate surface area is 637 Å². The Balaban J connectivity index is 0.000000253. The van der Waals surface area contributed by atoms with E-state index in [2.05, 4.69) is 26.3 Å². The topological polar surface area (TPSA) is 247 Å². The minimum atomic E-state index is -0.532. The molecule has 10 rings (SSSR count). The summed E-state index contributed by atoms with van der Waals surface area (Å²) in [6.07, 6.45) is 3.37. The molecule has 0 saturated carbocycles. The van der Waals surface area contributed by atoms with Crippen molar-refractivity contribution in [2.75, 3.05) is 52.9 Å². The van der Waals surface area contributed by atoms with Crippen molar-refractivity contribution in [3.05, 3.63) is 314 Å². The number of hydrogen-bond donors (Lipinski definition) is 0. The minimum absolute atomic E-state index is 0.121. The first-order chi connectivity index (χ1) is 53.2. The number of hydrogen-bond acceptors (Lipinski definition) is 20. The Kier molecular flexibility index (Phi) is 29.6. The van der Waals surface area contributed by atoms with Crippen LogP contribution < -0.4 is 37.9 Å². The van der Waals surface area contributed by atoms with Gasteiger partial charge in [-0.1, -0.05) is 123 Å². The molecule has 0 aliphatic rings. The van der Waals surface area contributed by atoms with E-state index in [1.165, 1.54) is 0 Å². The number of ether oxygens (including phenoxy) is 12. The van der Waals surface area contributed by atoms with Gasteiger partial charge in [0.05, 0.1) is 48.7 Å². The van der Waals surface area contributed by atoms with E-state index in [-0.39, 0.29) is 39.6 Å². The molecular formula is C90H80O20. The van der Waals surface area contributed by atoms with Gasteiger partial charge in [-0.2, -0.15) is 0 Å². The molecule has 10 aromatic rings. The van der Waals surface area contributed by atoms with Gasteiger partial charge in [-0.05, 0) is 217 Å². The fourth-order valence-corrected chi connectivity index (χ4v) is 10.2. The highest BCUT2D eigenvalue weighted by molar-refractivity contribution is 5.95. The molecule has 0 aliphatic heterocycles. The van der Waals surface area contributed by atoms with Crippen LogP contribution in [0, 0.1) is 13.8 Å². The first-order valence-electron chi connectivity index (χ1n) is 34.9. The van der Waals surface area contributed by atoms with Crippen molar-refractivity contribution in [2.24, 2.45) is 0 Å². The molecule has 0 radical (unpaired) electrons. The maximum absolute atomic E-state index is 13.0. The third-order valence-corrected chi connectivity index (χ3v) is 16.2. The largest absolute Gasteiger partial charge is 0.493 e. The maximum atomic E-state index is 13.0. The number of benzene rings is 10. The molecule has 0 amide bonds. The molecule has 20 heteroatoms. The van der Waals surface area contributed by atoms with Crippen molar-refractivity contribution < 1.29 is 95.2 Å². The van der Waals surface area contributed by atoms with Crippen LogP contribution >= 0.6 is 0 Å². The number of rotatable bonds is 34. The van der Waals surface area contributed by atoms with Gasteiger partial charge in [-0.25, -0.2) is 38.4 Å². The summed E-state index contributed by atoms with van der Waals surface area (Å²) in [5.41, 5.74) is 10.8. The molecule has 20 nitrogen and oxygen atoms in total. The number of aryl methyl sites for hydroxylation is 2. The summed E-state index contributed by atoms with van der Waals surface area (Å²) in [6, 6.07) is 67.7. The van der Waals surface area contributed by atoms with E-state index in [4.69, 9.17) is 56.8 Å². The summed E-state index contributed by atoms with van der Waals surface area (Å²) in [5, 5.41) is 0. The summed E-state index contributed by atoms with van der Waals surface area (Å²) in [6.45, 7) is 22.5. The molecule has 0 unspecified atom stereocenters. The third-order valence-electron chi connectivity index (χ3n) is 16.2. The lowest BCUT2D eigenvalue weighted by atomic mass is 10.0. The highest BCUT2D eigenvalue weighted by Gasteiger charge is 2.18. The van der Waals surface area contributed by atoms with Crippen molar-refractivity contribution in [3.63, 3.8) is 0 Å². The summed E-state index contributed by atoms with van der Waals surface area (Å²) in [5.74, 6) is 0.0248. The Morgan fingerprint density at radius 3 is 0.764 bits per heavy atom. The molecule has 0 N–H and O–H groups in total. The molecule has 0 spiro atoms. The average Bonchev–Trinajstić information content (AvgIpc) is 0.849. The van der Waals surface area contributed by atoms with Crippen LogP contribution in [0.2, 0.25) is 0 Å². The van der Waals surface area contributed by atoms with Crippen LogP contribution in [0.5, 0.6) is 46.0 Å². The van der Waals surface area contributed by atoms with Gasteiger partial charge >= 0.3 is 47.8 Å². The Morgan fingerprint density at radius 1 is 0.282 bits per heavy atom. The maximum Gasteiger partial charge on any atom is 0.343 e. The second kappa shape index (κ2) is 40.6. The molecule has 560 valence electrons. The van der Waals surface area contributed by atoms with Crippen LogP contribution in [0.4, 0.5) is 0 Å². The van der Waals surface area contributed by atoms with Crippen molar-refractivity contribution in [1.29, 1.82) is 0 Å². The monoisotopic (exact) mass is 1480 g/mol. The zero-order chi connectivity index (χ0) is 78.3. The average molecular weight is 1480 g/mol. The summed E-state index contributed by atoms with van der Waals surface area (Å²) >= 11 is 0. The highest BCUT2D eigenvalue weighted by atomic mass is 16.6. The SMILES string of the molecule is C=C(C)C(=O)OCCOc1ccc(-c2ccc(C(=O)Oc3ccc(OC(=O)c4ccc(-c5ccc(OCCOC(=O)C(=C)C)cc5)cc4)c(C)c3)cc2)cc1.C=CC(=O)OCCCOc1ccc(-c2ccc(C(=O)Oc3ccc(OC(=O)c4ccc(-c5ccc(OCCCOC(=O)C=C)cc5)cc4)c(C)c3)cc2)cc1. The van der Waals surface area contributed by atoms with Gasteiger partial charge in [0.15, 0.2) is 0 Å². The summed E-state index contributed by atoms with van der Waals surface area (Å²) in [4.78, 5) is 96.9. The first kappa shape index (κ1) is 80.2. The zero-order valence-electron chi connectivity index (χ0n) is 61.2. The number of carbonyl (C=O) groups excluding carboxylic acids is 8. The van der Waals surface area contributed by atoms with E-state index in [0.717, 1.165) is 56.7 Å². The van der Waals surface area contributed by atoms with Crippen LogP contribution in [0.15, 0.2) is 280 Å². The first-order valence-corrected chi connectivity index (χ1v) is 34.9. The van der Waals surface area contributed by atoms with E-state index in [9.17, 15) is 38.4 Å². The summed E-state index contributed by atoms with van der Waals surface area (Å²) in [7, 11) is 0. The van der Waals surface area contributed by atoms with E-state index in [1.807, 2.05) is 146 Å². The van der Waals surface area contributed by atoms with Crippen LogP contribution in [-0.4, -0.2) is 101 Å².